The highest BCUT2D eigenvalue weighted by atomic mass is 16.6. The topological polar surface area (TPSA) is 118 Å². The molecule has 1 heterocycles. The zero-order valence-corrected chi connectivity index (χ0v) is 11.4. The van der Waals surface area contributed by atoms with E-state index in [0.717, 1.165) is 11.0 Å². The third-order valence-electron chi connectivity index (χ3n) is 3.46. The highest BCUT2D eigenvalue weighted by Crippen LogP contribution is 2.33. The number of hydrogen-bond acceptors (Lipinski definition) is 5. The number of rotatable bonds is 3. The first-order chi connectivity index (χ1) is 10.9. The van der Waals surface area contributed by atoms with Gasteiger partial charge in [-0.15, -0.1) is 0 Å². The molecule has 0 fully saturated rings. The molecule has 3 rings (SSSR count). The number of amides is 2. The standard InChI is InChI=1S/C15H8N2O6/c18-13-10-2-1-3-11(17(22)23)12(10)14(19)16(13)9-6-4-8(5-7-9)15(20)21/h1-7H,(H,20,21). The predicted molar refractivity (Wildman–Crippen MR) is 77.6 cm³/mol. The van der Waals surface area contributed by atoms with Crippen LogP contribution in [0.1, 0.15) is 31.1 Å². The average molecular weight is 312 g/mol. The molecule has 0 saturated carbocycles. The van der Waals surface area contributed by atoms with E-state index in [2.05, 4.69) is 0 Å². The molecule has 2 aromatic rings. The van der Waals surface area contributed by atoms with Crippen molar-refractivity contribution in [3.8, 4) is 0 Å². The number of nitro benzene ring substituents is 1. The smallest absolute Gasteiger partial charge is 0.335 e. The second kappa shape index (κ2) is 5.02. The molecule has 23 heavy (non-hydrogen) atoms. The Morgan fingerprint density at radius 1 is 1.04 bits per heavy atom. The first-order valence-corrected chi connectivity index (χ1v) is 6.41. The van der Waals surface area contributed by atoms with E-state index < -0.39 is 28.4 Å². The lowest BCUT2D eigenvalue weighted by Gasteiger charge is -2.13. The molecule has 0 unspecified atom stereocenters. The summed E-state index contributed by atoms with van der Waals surface area (Å²) in [5, 5.41) is 19.9. The van der Waals surface area contributed by atoms with Crippen LogP contribution in [0.4, 0.5) is 11.4 Å². The van der Waals surface area contributed by atoms with Crippen molar-refractivity contribution >= 4 is 29.2 Å². The van der Waals surface area contributed by atoms with Crippen LogP contribution in [0.2, 0.25) is 0 Å². The molecule has 2 amide bonds. The van der Waals surface area contributed by atoms with Gasteiger partial charge in [0.2, 0.25) is 0 Å². The molecule has 1 N–H and O–H groups in total. The van der Waals surface area contributed by atoms with E-state index in [9.17, 15) is 24.5 Å². The van der Waals surface area contributed by atoms with Crippen LogP contribution in [-0.2, 0) is 0 Å². The molecule has 1 aliphatic rings. The monoisotopic (exact) mass is 312 g/mol. The first-order valence-electron chi connectivity index (χ1n) is 6.41. The number of hydrogen-bond donors (Lipinski definition) is 1. The van der Waals surface area contributed by atoms with Crippen LogP contribution < -0.4 is 4.90 Å². The van der Waals surface area contributed by atoms with Gasteiger partial charge in [0, 0.05) is 6.07 Å². The summed E-state index contributed by atoms with van der Waals surface area (Å²) < 4.78 is 0. The molecule has 0 saturated heterocycles. The fourth-order valence-electron chi connectivity index (χ4n) is 2.41. The zero-order chi connectivity index (χ0) is 16.7. The van der Waals surface area contributed by atoms with E-state index in [4.69, 9.17) is 5.11 Å². The Hall–Kier alpha value is -3.55. The number of aromatic carboxylic acids is 1. The van der Waals surface area contributed by atoms with Crippen LogP contribution in [0.3, 0.4) is 0 Å². The van der Waals surface area contributed by atoms with Crippen molar-refractivity contribution in [2.45, 2.75) is 0 Å². The van der Waals surface area contributed by atoms with Crippen molar-refractivity contribution < 1.29 is 24.4 Å². The molecule has 0 bridgehead atoms. The SMILES string of the molecule is O=C(O)c1ccc(N2C(=O)c3cccc([N+](=O)[O-])c3C2=O)cc1. The van der Waals surface area contributed by atoms with Gasteiger partial charge in [-0.25, -0.2) is 9.69 Å². The van der Waals surface area contributed by atoms with E-state index >= 15 is 0 Å². The largest absolute Gasteiger partial charge is 0.478 e. The minimum Gasteiger partial charge on any atom is -0.478 e. The van der Waals surface area contributed by atoms with Crippen LogP contribution in [0.15, 0.2) is 42.5 Å². The molecule has 114 valence electrons. The van der Waals surface area contributed by atoms with Crippen molar-refractivity contribution in [2.24, 2.45) is 0 Å². The molecule has 0 aromatic heterocycles. The molecular formula is C15H8N2O6. The normalized spacial score (nSPS) is 13.1. The van der Waals surface area contributed by atoms with Gasteiger partial charge in [0.25, 0.3) is 17.5 Å². The number of nitro groups is 1. The van der Waals surface area contributed by atoms with Crippen molar-refractivity contribution in [3.63, 3.8) is 0 Å². The third-order valence-corrected chi connectivity index (χ3v) is 3.46. The fraction of sp³-hybridized carbons (Fsp3) is 0. The summed E-state index contributed by atoms with van der Waals surface area (Å²) in [6.45, 7) is 0. The molecule has 1 aliphatic heterocycles. The van der Waals surface area contributed by atoms with Crippen LogP contribution in [-0.4, -0.2) is 27.8 Å². The van der Waals surface area contributed by atoms with Gasteiger partial charge in [0.05, 0.1) is 21.7 Å². The number of carbonyl (C=O) groups is 3. The number of carbonyl (C=O) groups excluding carboxylic acids is 2. The highest BCUT2D eigenvalue weighted by molar-refractivity contribution is 6.35. The van der Waals surface area contributed by atoms with Crippen molar-refractivity contribution in [3.05, 3.63) is 69.3 Å². The summed E-state index contributed by atoms with van der Waals surface area (Å²) in [6, 6.07) is 8.92. The second-order valence-electron chi connectivity index (χ2n) is 4.75. The van der Waals surface area contributed by atoms with Gasteiger partial charge in [-0.2, -0.15) is 0 Å². The van der Waals surface area contributed by atoms with Crippen LogP contribution >= 0.6 is 0 Å². The van der Waals surface area contributed by atoms with Crippen molar-refractivity contribution in [2.75, 3.05) is 4.90 Å². The molecule has 0 spiro atoms. The van der Waals surface area contributed by atoms with Gasteiger partial charge in [-0.05, 0) is 30.3 Å². The number of anilines is 1. The molecule has 2 aromatic carbocycles. The lowest BCUT2D eigenvalue weighted by atomic mass is 10.1. The highest BCUT2D eigenvalue weighted by Gasteiger charge is 2.41. The quantitative estimate of drug-likeness (QED) is 0.526. The number of imide groups is 1. The van der Waals surface area contributed by atoms with Gasteiger partial charge in [0.1, 0.15) is 5.56 Å². The average Bonchev–Trinajstić information content (AvgIpc) is 2.79. The Morgan fingerprint density at radius 3 is 2.26 bits per heavy atom. The Morgan fingerprint density at radius 2 is 1.70 bits per heavy atom. The molecule has 0 atom stereocenters. The van der Waals surface area contributed by atoms with Gasteiger partial charge in [-0.1, -0.05) is 6.07 Å². The summed E-state index contributed by atoms with van der Waals surface area (Å²) in [5.41, 5.74) is -0.603. The molecular weight excluding hydrogens is 304 g/mol. The zero-order valence-electron chi connectivity index (χ0n) is 11.4. The van der Waals surface area contributed by atoms with E-state index in [0.29, 0.717) is 0 Å². The Bertz CT molecular complexity index is 872. The Balaban J connectivity index is 2.08. The lowest BCUT2D eigenvalue weighted by molar-refractivity contribution is -0.385. The number of nitrogens with zero attached hydrogens (tertiary/aromatic N) is 2. The van der Waals surface area contributed by atoms with Crippen LogP contribution in [0.5, 0.6) is 0 Å². The lowest BCUT2D eigenvalue weighted by Crippen LogP contribution is -2.29. The maximum atomic E-state index is 12.4. The minimum atomic E-state index is -1.14. The number of fused-ring (bicyclic) bond motifs is 1. The molecule has 0 radical (unpaired) electrons. The van der Waals surface area contributed by atoms with Gasteiger partial charge >= 0.3 is 5.97 Å². The van der Waals surface area contributed by atoms with Crippen molar-refractivity contribution in [1.82, 2.24) is 0 Å². The Labute approximate surface area is 128 Å². The molecule has 8 nitrogen and oxygen atoms in total. The van der Waals surface area contributed by atoms with E-state index in [-0.39, 0.29) is 22.4 Å². The van der Waals surface area contributed by atoms with E-state index in [1.807, 2.05) is 0 Å². The molecule has 8 heteroatoms. The summed E-state index contributed by atoms with van der Waals surface area (Å²) in [6.07, 6.45) is 0. The van der Waals surface area contributed by atoms with E-state index in [1.165, 1.54) is 36.4 Å². The fourth-order valence-corrected chi connectivity index (χ4v) is 2.41. The molecule has 0 aliphatic carbocycles. The van der Waals surface area contributed by atoms with E-state index in [1.54, 1.807) is 0 Å². The second-order valence-corrected chi connectivity index (χ2v) is 4.75. The number of carboxylic acid groups (broad SMARTS) is 1. The van der Waals surface area contributed by atoms with Crippen LogP contribution in [0, 0.1) is 10.1 Å². The maximum absolute atomic E-state index is 12.4. The minimum absolute atomic E-state index is 0.00339. The summed E-state index contributed by atoms with van der Waals surface area (Å²) in [4.78, 5) is 46.7. The number of carboxylic acids is 1. The predicted octanol–water partition coefficient (Wildman–Crippen LogP) is 2.09. The summed E-state index contributed by atoms with van der Waals surface area (Å²) in [7, 11) is 0. The number of benzene rings is 2. The summed E-state index contributed by atoms with van der Waals surface area (Å²) in [5.74, 6) is -2.63. The van der Waals surface area contributed by atoms with Crippen molar-refractivity contribution in [1.29, 1.82) is 0 Å². The first kappa shape index (κ1) is 14.4. The summed E-state index contributed by atoms with van der Waals surface area (Å²) >= 11 is 0. The van der Waals surface area contributed by atoms with Crippen LogP contribution in [0.25, 0.3) is 0 Å². The Kier molecular flexibility index (Phi) is 3.14. The van der Waals surface area contributed by atoms with Gasteiger partial charge in [0.15, 0.2) is 0 Å². The van der Waals surface area contributed by atoms with Gasteiger partial charge in [-0.3, -0.25) is 19.7 Å². The van der Waals surface area contributed by atoms with Gasteiger partial charge < -0.3 is 5.11 Å². The maximum Gasteiger partial charge on any atom is 0.335 e. The third kappa shape index (κ3) is 2.13.